The summed E-state index contributed by atoms with van der Waals surface area (Å²) in [5, 5.41) is 8.99. The van der Waals surface area contributed by atoms with Crippen LogP contribution in [0.4, 0.5) is 5.69 Å². The number of rotatable bonds is 4. The van der Waals surface area contributed by atoms with Crippen LogP contribution in [0.2, 0.25) is 5.02 Å². The molecule has 4 nitrogen and oxygen atoms in total. The van der Waals surface area contributed by atoms with Crippen molar-refractivity contribution in [2.75, 3.05) is 5.32 Å². The Morgan fingerprint density at radius 2 is 1.77 bits per heavy atom. The summed E-state index contributed by atoms with van der Waals surface area (Å²) < 4.78 is -1.84. The van der Waals surface area contributed by atoms with Crippen LogP contribution in [-0.4, -0.2) is 21.0 Å². The van der Waals surface area contributed by atoms with Crippen LogP contribution in [-0.2, 0) is 0 Å². The van der Waals surface area contributed by atoms with E-state index in [0.29, 0.717) is 10.6 Å². The van der Waals surface area contributed by atoms with Crippen molar-refractivity contribution in [1.82, 2.24) is 10.6 Å². The lowest BCUT2D eigenvalue weighted by molar-refractivity contribution is 0.0934. The number of benzene rings is 2. The van der Waals surface area contributed by atoms with Gasteiger partial charge in [-0.15, -0.1) is 0 Å². The Kier molecular flexibility index (Phi) is 7.38. The lowest BCUT2D eigenvalue weighted by Gasteiger charge is -2.27. The van der Waals surface area contributed by atoms with Gasteiger partial charge in [-0.25, -0.2) is 0 Å². The van der Waals surface area contributed by atoms with E-state index < -0.39 is 15.9 Å². The number of halogens is 4. The number of aryl methyl sites for hydroxylation is 1. The lowest BCUT2D eigenvalue weighted by atomic mass is 10.2. The van der Waals surface area contributed by atoms with Gasteiger partial charge in [0, 0.05) is 16.3 Å². The molecule has 9 heteroatoms. The molecule has 0 aromatic heterocycles. The smallest absolute Gasteiger partial charge is 0.253 e. The Hall–Kier alpha value is -1.24. The van der Waals surface area contributed by atoms with E-state index in [1.54, 1.807) is 18.2 Å². The third-order valence-electron chi connectivity index (χ3n) is 3.24. The molecule has 138 valence electrons. The normalized spacial score (nSPS) is 12.2. The van der Waals surface area contributed by atoms with E-state index in [1.807, 2.05) is 31.2 Å². The zero-order chi connectivity index (χ0) is 19.3. The van der Waals surface area contributed by atoms with Gasteiger partial charge < -0.3 is 16.0 Å². The monoisotopic (exact) mass is 449 g/mol. The highest BCUT2D eigenvalue weighted by Crippen LogP contribution is 2.29. The molecule has 3 N–H and O–H groups in total. The average molecular weight is 451 g/mol. The third-order valence-corrected chi connectivity index (χ3v) is 4.35. The summed E-state index contributed by atoms with van der Waals surface area (Å²) in [5.74, 6) is -0.463. The maximum Gasteiger partial charge on any atom is 0.253 e. The minimum absolute atomic E-state index is 0.193. The Morgan fingerprint density at radius 3 is 2.38 bits per heavy atom. The topological polar surface area (TPSA) is 53.2 Å². The van der Waals surface area contributed by atoms with E-state index >= 15 is 0 Å². The molecule has 0 saturated carbocycles. The van der Waals surface area contributed by atoms with E-state index in [1.165, 1.54) is 6.07 Å². The molecule has 0 aliphatic carbocycles. The van der Waals surface area contributed by atoms with Crippen molar-refractivity contribution in [2.45, 2.75) is 16.9 Å². The molecule has 0 aliphatic heterocycles. The van der Waals surface area contributed by atoms with Crippen molar-refractivity contribution in [3.63, 3.8) is 0 Å². The molecular formula is C17H15Cl4N3OS. The highest BCUT2D eigenvalue weighted by molar-refractivity contribution is 7.80. The molecule has 26 heavy (non-hydrogen) atoms. The van der Waals surface area contributed by atoms with Gasteiger partial charge in [-0.05, 0) is 55.0 Å². The van der Waals surface area contributed by atoms with Crippen LogP contribution in [0.25, 0.3) is 0 Å². The second kappa shape index (κ2) is 9.11. The number of nitrogens with one attached hydrogen (secondary N) is 3. The third kappa shape index (κ3) is 6.49. The number of amides is 1. The van der Waals surface area contributed by atoms with Gasteiger partial charge in [0.15, 0.2) is 5.11 Å². The summed E-state index contributed by atoms with van der Waals surface area (Å²) in [7, 11) is 0. The van der Waals surface area contributed by atoms with Crippen LogP contribution < -0.4 is 16.0 Å². The molecule has 0 aliphatic rings. The summed E-state index contributed by atoms with van der Waals surface area (Å²) in [4.78, 5) is 12.4. The van der Waals surface area contributed by atoms with E-state index in [9.17, 15) is 4.79 Å². The maximum atomic E-state index is 12.4. The van der Waals surface area contributed by atoms with Crippen LogP contribution in [0.1, 0.15) is 15.9 Å². The molecule has 0 saturated heterocycles. The number of alkyl halides is 3. The second-order valence-corrected chi connectivity index (χ2v) is 8.64. The van der Waals surface area contributed by atoms with Crippen LogP contribution in [0.5, 0.6) is 0 Å². The highest BCUT2D eigenvalue weighted by Gasteiger charge is 2.34. The number of hydrogen-bond donors (Lipinski definition) is 3. The predicted octanol–water partition coefficient (Wildman–Crippen LogP) is 5.06. The van der Waals surface area contributed by atoms with Crippen molar-refractivity contribution in [3.05, 3.63) is 64.7 Å². The zero-order valence-electron chi connectivity index (χ0n) is 13.5. The number of hydrogen-bond acceptors (Lipinski definition) is 2. The van der Waals surface area contributed by atoms with Crippen molar-refractivity contribution in [3.8, 4) is 0 Å². The van der Waals surface area contributed by atoms with Crippen LogP contribution >= 0.6 is 58.6 Å². The quantitative estimate of drug-likeness (QED) is 0.346. The van der Waals surface area contributed by atoms with Crippen molar-refractivity contribution >= 4 is 75.3 Å². The minimum Gasteiger partial charge on any atom is -0.339 e. The van der Waals surface area contributed by atoms with Gasteiger partial charge in [0.05, 0.1) is 0 Å². The fourth-order valence-electron chi connectivity index (χ4n) is 2.06. The van der Waals surface area contributed by atoms with Crippen LogP contribution in [0.3, 0.4) is 0 Å². The highest BCUT2D eigenvalue weighted by atomic mass is 35.6. The Balaban J connectivity index is 2.07. The van der Waals surface area contributed by atoms with Gasteiger partial charge in [-0.1, -0.05) is 64.6 Å². The van der Waals surface area contributed by atoms with Crippen LogP contribution in [0.15, 0.2) is 48.5 Å². The van der Waals surface area contributed by atoms with Crippen molar-refractivity contribution < 1.29 is 4.79 Å². The molecule has 2 aromatic carbocycles. The fourth-order valence-corrected chi connectivity index (χ4v) is 2.82. The van der Waals surface area contributed by atoms with E-state index in [2.05, 4.69) is 16.0 Å². The molecule has 2 rings (SSSR count). The summed E-state index contributed by atoms with van der Waals surface area (Å²) in [6, 6.07) is 14.0. The Morgan fingerprint density at radius 1 is 1.08 bits per heavy atom. The number of anilines is 1. The minimum atomic E-state index is -1.84. The SMILES string of the molecule is Cc1cccc(NC(=S)N[C@@H](NC(=O)c2cccc(Cl)c2)C(Cl)(Cl)Cl)c1. The Labute approximate surface area is 177 Å². The first kappa shape index (κ1) is 21.1. The summed E-state index contributed by atoms with van der Waals surface area (Å²) in [6.07, 6.45) is -1.07. The molecule has 0 unspecified atom stereocenters. The molecule has 0 spiro atoms. The van der Waals surface area contributed by atoms with Gasteiger partial charge in [-0.3, -0.25) is 4.79 Å². The largest absolute Gasteiger partial charge is 0.339 e. The summed E-state index contributed by atoms with van der Waals surface area (Å²) in [5.41, 5.74) is 2.16. The number of thiocarbonyl (C=S) groups is 1. The van der Waals surface area contributed by atoms with Crippen molar-refractivity contribution in [2.24, 2.45) is 0 Å². The molecule has 1 amide bonds. The van der Waals surface area contributed by atoms with Gasteiger partial charge in [0.1, 0.15) is 6.17 Å². The number of carbonyl (C=O) groups excluding carboxylic acids is 1. The molecule has 1 atom stereocenters. The van der Waals surface area contributed by atoms with Crippen molar-refractivity contribution in [1.29, 1.82) is 0 Å². The fraction of sp³-hybridized carbons (Fsp3) is 0.176. The van der Waals surface area contributed by atoms with Gasteiger partial charge in [-0.2, -0.15) is 0 Å². The molecule has 0 fully saturated rings. The van der Waals surface area contributed by atoms with E-state index in [-0.39, 0.29) is 5.11 Å². The second-order valence-electron chi connectivity index (χ2n) is 5.43. The predicted molar refractivity (Wildman–Crippen MR) is 114 cm³/mol. The maximum absolute atomic E-state index is 12.4. The molecule has 2 aromatic rings. The van der Waals surface area contributed by atoms with E-state index in [0.717, 1.165) is 11.3 Å². The molecular weight excluding hydrogens is 436 g/mol. The first-order valence-corrected chi connectivity index (χ1v) is 9.34. The standard InChI is InChI=1S/C17H15Cl4N3OS/c1-10-4-2-7-13(8-10)22-16(26)24-15(17(19,20)21)23-14(25)11-5-3-6-12(18)9-11/h2-9,15H,1H3,(H,23,25)(H2,22,24,26)/t15-/m1/s1. The molecule has 0 bridgehead atoms. The van der Waals surface area contributed by atoms with Gasteiger partial charge in [0.2, 0.25) is 3.79 Å². The Bertz CT molecular complexity index is 811. The van der Waals surface area contributed by atoms with E-state index in [4.69, 9.17) is 58.6 Å². The van der Waals surface area contributed by atoms with Crippen LogP contribution in [0, 0.1) is 6.92 Å². The lowest BCUT2D eigenvalue weighted by Crippen LogP contribution is -2.56. The zero-order valence-corrected chi connectivity index (χ0v) is 17.4. The molecule has 0 radical (unpaired) electrons. The van der Waals surface area contributed by atoms with Gasteiger partial charge >= 0.3 is 0 Å². The first-order valence-electron chi connectivity index (χ1n) is 7.42. The summed E-state index contributed by atoms with van der Waals surface area (Å²) >= 11 is 29.1. The first-order chi connectivity index (χ1) is 12.1. The van der Waals surface area contributed by atoms with Gasteiger partial charge in [0.25, 0.3) is 5.91 Å². The summed E-state index contributed by atoms with van der Waals surface area (Å²) in [6.45, 7) is 1.96. The number of carbonyl (C=O) groups is 1. The average Bonchev–Trinajstić information content (AvgIpc) is 2.53. The molecule has 0 heterocycles.